The number of carboxylic acids is 1. The van der Waals surface area contributed by atoms with Crippen LogP contribution in [0.3, 0.4) is 0 Å². The zero-order valence-corrected chi connectivity index (χ0v) is 18.6. The van der Waals surface area contributed by atoms with Crippen molar-refractivity contribution in [3.05, 3.63) is 90.0 Å². The Balaban J connectivity index is 0.000000246. The van der Waals surface area contributed by atoms with E-state index in [1.165, 1.54) is 17.5 Å². The Bertz CT molecular complexity index is 958. The van der Waals surface area contributed by atoms with Crippen LogP contribution in [0.1, 0.15) is 16.8 Å². The monoisotopic (exact) mass is 467 g/mol. The first-order valence-electron chi connectivity index (χ1n) is 10.6. The Morgan fingerprint density at radius 2 is 1.53 bits per heavy atom. The number of amides is 2. The fraction of sp³-hybridized carbons (Fsp3) is 0.250. The standard InChI is InChI=1S/C14H14O.C10H15N5O4/c1-3-7-13(8-4-1)11-15-12-14-9-5-2-6-10-14;11-7(1-6-2-12-5-15-6)10(19)14-3-8(16)13-4-9(17)18/h1-10H,11-12H2;2,5,7H,1,3-4,11H2,(H,12,15)(H,13,16)(H,14,19)(H,17,18)/t;7-/m.0/s1. The zero-order valence-electron chi connectivity index (χ0n) is 18.6. The fourth-order valence-corrected chi connectivity index (χ4v) is 2.70. The molecule has 10 nitrogen and oxygen atoms in total. The summed E-state index contributed by atoms with van der Waals surface area (Å²) in [7, 11) is 0. The highest BCUT2D eigenvalue weighted by atomic mass is 16.5. The van der Waals surface area contributed by atoms with Gasteiger partial charge in [-0.15, -0.1) is 0 Å². The van der Waals surface area contributed by atoms with E-state index in [0.717, 1.165) is 0 Å². The van der Waals surface area contributed by atoms with Crippen LogP contribution < -0.4 is 16.4 Å². The molecule has 2 aromatic carbocycles. The maximum atomic E-state index is 11.5. The third-order valence-electron chi connectivity index (χ3n) is 4.41. The van der Waals surface area contributed by atoms with Crippen LogP contribution >= 0.6 is 0 Å². The van der Waals surface area contributed by atoms with Gasteiger partial charge in [-0.1, -0.05) is 60.7 Å². The number of carbonyl (C=O) groups is 3. The molecule has 3 rings (SSSR count). The molecule has 0 saturated heterocycles. The molecule has 0 aliphatic heterocycles. The van der Waals surface area contributed by atoms with Crippen molar-refractivity contribution in [1.82, 2.24) is 20.6 Å². The maximum absolute atomic E-state index is 11.5. The Kier molecular flexibility index (Phi) is 11.5. The van der Waals surface area contributed by atoms with Gasteiger partial charge in [0.1, 0.15) is 6.54 Å². The van der Waals surface area contributed by atoms with E-state index in [-0.39, 0.29) is 13.0 Å². The number of carboxylic acid groups (broad SMARTS) is 1. The molecule has 0 aliphatic carbocycles. The minimum absolute atomic E-state index is 0.266. The Labute approximate surface area is 197 Å². The lowest BCUT2D eigenvalue weighted by Crippen LogP contribution is -2.46. The van der Waals surface area contributed by atoms with Gasteiger partial charge in [0.25, 0.3) is 0 Å². The van der Waals surface area contributed by atoms with Crippen molar-refractivity contribution in [3.63, 3.8) is 0 Å². The van der Waals surface area contributed by atoms with E-state index in [4.69, 9.17) is 15.6 Å². The molecular formula is C24H29N5O5. The fourth-order valence-electron chi connectivity index (χ4n) is 2.70. The van der Waals surface area contributed by atoms with Crippen LogP contribution in [0.15, 0.2) is 73.2 Å². The molecule has 3 aromatic rings. The molecule has 2 amide bonds. The summed E-state index contributed by atoms with van der Waals surface area (Å²) in [5, 5.41) is 12.8. The molecule has 34 heavy (non-hydrogen) atoms. The van der Waals surface area contributed by atoms with E-state index >= 15 is 0 Å². The van der Waals surface area contributed by atoms with Gasteiger partial charge in [-0.2, -0.15) is 0 Å². The third-order valence-corrected chi connectivity index (χ3v) is 4.41. The molecule has 0 aliphatic rings. The van der Waals surface area contributed by atoms with Crippen LogP contribution in [0, 0.1) is 0 Å². The maximum Gasteiger partial charge on any atom is 0.322 e. The van der Waals surface area contributed by atoms with Crippen molar-refractivity contribution in [2.45, 2.75) is 25.7 Å². The lowest BCUT2D eigenvalue weighted by Gasteiger charge is -2.11. The van der Waals surface area contributed by atoms with Crippen LogP contribution in [0.5, 0.6) is 0 Å². The number of nitrogens with two attached hydrogens (primary N) is 1. The normalized spacial score (nSPS) is 11.0. The summed E-state index contributed by atoms with van der Waals surface area (Å²) in [5.41, 5.74) is 8.77. The van der Waals surface area contributed by atoms with Crippen molar-refractivity contribution < 1.29 is 24.2 Å². The average molecular weight is 468 g/mol. The van der Waals surface area contributed by atoms with E-state index in [9.17, 15) is 14.4 Å². The number of nitrogens with one attached hydrogen (secondary N) is 3. The van der Waals surface area contributed by atoms with Gasteiger partial charge in [0, 0.05) is 18.3 Å². The van der Waals surface area contributed by atoms with Gasteiger partial charge >= 0.3 is 5.97 Å². The molecule has 0 fully saturated rings. The van der Waals surface area contributed by atoms with Gasteiger partial charge < -0.3 is 31.2 Å². The topological polar surface area (TPSA) is 159 Å². The van der Waals surface area contributed by atoms with Crippen molar-refractivity contribution >= 4 is 17.8 Å². The largest absolute Gasteiger partial charge is 0.480 e. The molecule has 1 aromatic heterocycles. The van der Waals surface area contributed by atoms with E-state index in [2.05, 4.69) is 44.9 Å². The summed E-state index contributed by atoms with van der Waals surface area (Å²) < 4.78 is 5.61. The minimum Gasteiger partial charge on any atom is -0.480 e. The number of aliphatic carboxylic acids is 1. The van der Waals surface area contributed by atoms with Gasteiger partial charge in [0.2, 0.25) is 11.8 Å². The smallest absolute Gasteiger partial charge is 0.322 e. The van der Waals surface area contributed by atoms with Gasteiger partial charge in [0.15, 0.2) is 0 Å². The molecule has 0 unspecified atom stereocenters. The van der Waals surface area contributed by atoms with E-state index in [1.54, 1.807) is 6.20 Å². The number of ether oxygens (including phenoxy) is 1. The number of aromatic nitrogens is 2. The predicted molar refractivity (Wildman–Crippen MR) is 125 cm³/mol. The van der Waals surface area contributed by atoms with Crippen LogP contribution in [-0.4, -0.2) is 52.0 Å². The van der Waals surface area contributed by atoms with Crippen LogP contribution in [0.2, 0.25) is 0 Å². The Morgan fingerprint density at radius 3 is 2.03 bits per heavy atom. The molecule has 10 heteroatoms. The number of rotatable bonds is 11. The number of carbonyl (C=O) groups excluding carboxylic acids is 2. The van der Waals surface area contributed by atoms with Gasteiger partial charge in [-0.05, 0) is 11.1 Å². The van der Waals surface area contributed by atoms with E-state index in [0.29, 0.717) is 18.9 Å². The van der Waals surface area contributed by atoms with Crippen molar-refractivity contribution in [2.75, 3.05) is 13.1 Å². The second-order valence-electron chi connectivity index (χ2n) is 7.24. The summed E-state index contributed by atoms with van der Waals surface area (Å²) in [4.78, 5) is 39.5. The highest BCUT2D eigenvalue weighted by molar-refractivity contribution is 5.88. The summed E-state index contributed by atoms with van der Waals surface area (Å²) in [6.45, 7) is 0.545. The third kappa shape index (κ3) is 11.0. The lowest BCUT2D eigenvalue weighted by molar-refractivity contribution is -0.137. The second-order valence-corrected chi connectivity index (χ2v) is 7.24. The molecule has 1 atom stereocenters. The second kappa shape index (κ2) is 14.9. The van der Waals surface area contributed by atoms with Gasteiger partial charge in [0.05, 0.1) is 32.1 Å². The minimum atomic E-state index is -1.16. The first-order valence-corrected chi connectivity index (χ1v) is 10.6. The molecule has 0 saturated carbocycles. The summed E-state index contributed by atoms with van der Waals surface area (Å²) in [6, 6.07) is 19.6. The summed E-state index contributed by atoms with van der Waals surface area (Å²) in [5.74, 6) is -2.25. The molecular weight excluding hydrogens is 438 g/mol. The number of nitrogens with zero attached hydrogens (tertiary/aromatic N) is 1. The van der Waals surface area contributed by atoms with Crippen LogP contribution in [-0.2, 0) is 38.8 Å². The lowest BCUT2D eigenvalue weighted by atomic mass is 10.1. The quantitative estimate of drug-likeness (QED) is 0.281. The number of imidazole rings is 1. The molecule has 6 N–H and O–H groups in total. The molecule has 0 radical (unpaired) electrons. The molecule has 0 spiro atoms. The molecule has 0 bridgehead atoms. The Hall–Kier alpha value is -4.02. The SMILES string of the molecule is N[C@@H](Cc1cnc[nH]1)C(=O)NCC(=O)NCC(=O)O.c1ccc(COCc2ccccc2)cc1. The number of hydrogen-bond donors (Lipinski definition) is 5. The van der Waals surface area contributed by atoms with Crippen molar-refractivity contribution in [2.24, 2.45) is 5.73 Å². The molecule has 1 heterocycles. The number of benzene rings is 2. The number of hydrogen-bond acceptors (Lipinski definition) is 6. The van der Waals surface area contributed by atoms with E-state index in [1.807, 2.05) is 36.4 Å². The van der Waals surface area contributed by atoms with Crippen molar-refractivity contribution in [3.8, 4) is 0 Å². The van der Waals surface area contributed by atoms with Gasteiger partial charge in [-0.25, -0.2) is 4.98 Å². The Morgan fingerprint density at radius 1 is 0.941 bits per heavy atom. The zero-order chi connectivity index (χ0) is 24.6. The summed E-state index contributed by atoms with van der Waals surface area (Å²) >= 11 is 0. The average Bonchev–Trinajstić information content (AvgIpc) is 3.36. The van der Waals surface area contributed by atoms with Crippen LogP contribution in [0.4, 0.5) is 0 Å². The number of aromatic amines is 1. The first kappa shape index (κ1) is 26.2. The first-order chi connectivity index (χ1) is 16.4. The molecule has 180 valence electrons. The van der Waals surface area contributed by atoms with Crippen molar-refractivity contribution in [1.29, 1.82) is 0 Å². The van der Waals surface area contributed by atoms with E-state index < -0.39 is 30.4 Å². The highest BCUT2D eigenvalue weighted by Gasteiger charge is 2.15. The van der Waals surface area contributed by atoms with Gasteiger partial charge in [-0.3, -0.25) is 14.4 Å². The number of H-pyrrole nitrogens is 1. The van der Waals surface area contributed by atoms with Crippen LogP contribution in [0.25, 0.3) is 0 Å². The summed E-state index contributed by atoms with van der Waals surface area (Å²) in [6.07, 6.45) is 3.29. The highest BCUT2D eigenvalue weighted by Crippen LogP contribution is 2.05. The predicted octanol–water partition coefficient (Wildman–Crippen LogP) is 1.000.